The molecule has 0 bridgehead atoms. The molecule has 1 aromatic rings. The lowest BCUT2D eigenvalue weighted by Crippen LogP contribution is -2.59. The van der Waals surface area contributed by atoms with E-state index in [0.29, 0.717) is 18.8 Å². The fourth-order valence-electron chi connectivity index (χ4n) is 3.40. The predicted molar refractivity (Wildman–Crippen MR) is 135 cm³/mol. The molecule has 0 aliphatic heterocycles. The minimum absolute atomic E-state index is 0.149. The maximum absolute atomic E-state index is 12.7. The molecule has 1 rings (SSSR count). The van der Waals surface area contributed by atoms with E-state index < -0.39 is 23.7 Å². The number of hydrogen-bond donors (Lipinski definition) is 5. The van der Waals surface area contributed by atoms with Crippen LogP contribution in [0, 0.1) is 5.92 Å². The van der Waals surface area contributed by atoms with E-state index in [2.05, 4.69) is 35.1 Å². The number of urea groups is 1. The molecule has 0 spiro atoms. The number of aliphatic hydroxyl groups is 1. The SMILES string of the molecule is CC(C)CCC(NC(=O)NC(C)(C)C)[C@H](O)[C@H](Cc1ccccc1)NC(=O)CNC(C)(C)C. The summed E-state index contributed by atoms with van der Waals surface area (Å²) in [6.45, 7) is 16.1. The minimum Gasteiger partial charge on any atom is -0.389 e. The fraction of sp³-hybridized carbons (Fsp3) is 0.692. The van der Waals surface area contributed by atoms with Gasteiger partial charge in [-0.15, -0.1) is 0 Å². The number of carbonyl (C=O) groups excluding carboxylic acids is 2. The van der Waals surface area contributed by atoms with Gasteiger partial charge in [-0.3, -0.25) is 4.79 Å². The van der Waals surface area contributed by atoms with Gasteiger partial charge in [0, 0.05) is 11.1 Å². The van der Waals surface area contributed by atoms with Gasteiger partial charge in [0.25, 0.3) is 0 Å². The number of rotatable bonds is 11. The van der Waals surface area contributed by atoms with Crippen molar-refractivity contribution in [2.75, 3.05) is 6.54 Å². The van der Waals surface area contributed by atoms with Crippen LogP contribution in [0.2, 0.25) is 0 Å². The molecule has 5 N–H and O–H groups in total. The van der Waals surface area contributed by atoms with Gasteiger partial charge in [-0.2, -0.15) is 0 Å². The Hall–Kier alpha value is -2.12. The molecule has 7 heteroatoms. The van der Waals surface area contributed by atoms with Crippen molar-refractivity contribution in [2.24, 2.45) is 5.92 Å². The molecule has 0 saturated heterocycles. The van der Waals surface area contributed by atoms with Crippen LogP contribution in [0.5, 0.6) is 0 Å². The molecule has 3 atom stereocenters. The minimum atomic E-state index is -0.951. The van der Waals surface area contributed by atoms with Gasteiger partial charge in [0.05, 0.1) is 24.7 Å². The highest BCUT2D eigenvalue weighted by atomic mass is 16.3. The second-order valence-electron chi connectivity index (χ2n) is 11.4. The van der Waals surface area contributed by atoms with Crippen LogP contribution in [-0.2, 0) is 11.2 Å². The van der Waals surface area contributed by atoms with Crippen molar-refractivity contribution in [3.8, 4) is 0 Å². The summed E-state index contributed by atoms with van der Waals surface area (Å²) in [6, 6.07) is 8.39. The predicted octanol–water partition coefficient (Wildman–Crippen LogP) is 3.37. The van der Waals surface area contributed by atoms with E-state index in [-0.39, 0.29) is 24.0 Å². The molecule has 7 nitrogen and oxygen atoms in total. The highest BCUT2D eigenvalue weighted by Gasteiger charge is 2.31. The third kappa shape index (κ3) is 13.2. The topological polar surface area (TPSA) is 102 Å². The molecule has 1 aromatic carbocycles. The van der Waals surface area contributed by atoms with Crippen LogP contribution in [0.15, 0.2) is 30.3 Å². The smallest absolute Gasteiger partial charge is 0.315 e. The summed E-state index contributed by atoms with van der Waals surface area (Å²) in [5.74, 6) is 0.233. The summed E-state index contributed by atoms with van der Waals surface area (Å²) in [5, 5.41) is 23.4. The second kappa shape index (κ2) is 12.9. The first-order valence-corrected chi connectivity index (χ1v) is 12.0. The molecular formula is C26H46N4O3. The molecule has 188 valence electrons. The van der Waals surface area contributed by atoms with Crippen molar-refractivity contribution in [3.05, 3.63) is 35.9 Å². The van der Waals surface area contributed by atoms with Crippen LogP contribution in [0.4, 0.5) is 4.79 Å². The first-order valence-electron chi connectivity index (χ1n) is 12.0. The Morgan fingerprint density at radius 3 is 2.00 bits per heavy atom. The number of aliphatic hydroxyl groups excluding tert-OH is 1. The van der Waals surface area contributed by atoms with E-state index in [1.54, 1.807) is 0 Å². The van der Waals surface area contributed by atoms with Crippen LogP contribution in [0.1, 0.15) is 73.8 Å². The number of benzene rings is 1. The van der Waals surface area contributed by atoms with E-state index in [1.807, 2.05) is 71.9 Å². The highest BCUT2D eigenvalue weighted by molar-refractivity contribution is 5.78. The Kier molecular flexibility index (Phi) is 11.3. The highest BCUT2D eigenvalue weighted by Crippen LogP contribution is 2.16. The molecule has 0 aliphatic carbocycles. The van der Waals surface area contributed by atoms with Gasteiger partial charge >= 0.3 is 6.03 Å². The maximum atomic E-state index is 12.7. The lowest BCUT2D eigenvalue weighted by atomic mass is 9.92. The molecule has 33 heavy (non-hydrogen) atoms. The number of carbonyl (C=O) groups is 2. The molecular weight excluding hydrogens is 416 g/mol. The van der Waals surface area contributed by atoms with Crippen LogP contribution >= 0.6 is 0 Å². The zero-order chi connectivity index (χ0) is 25.2. The van der Waals surface area contributed by atoms with Crippen LogP contribution in [-0.4, -0.2) is 52.9 Å². The van der Waals surface area contributed by atoms with Crippen LogP contribution in [0.25, 0.3) is 0 Å². The molecule has 3 amide bonds. The molecule has 0 radical (unpaired) electrons. The Labute approximate surface area is 200 Å². The third-order valence-electron chi connectivity index (χ3n) is 5.11. The quantitative estimate of drug-likeness (QED) is 0.348. The van der Waals surface area contributed by atoms with Gasteiger partial charge in [-0.25, -0.2) is 4.79 Å². The van der Waals surface area contributed by atoms with E-state index in [4.69, 9.17) is 0 Å². The largest absolute Gasteiger partial charge is 0.389 e. The van der Waals surface area contributed by atoms with E-state index in [0.717, 1.165) is 12.0 Å². The molecule has 0 heterocycles. The average Bonchev–Trinajstić information content (AvgIpc) is 2.67. The number of nitrogens with one attached hydrogen (secondary N) is 4. The zero-order valence-electron chi connectivity index (χ0n) is 21.8. The van der Waals surface area contributed by atoms with Gasteiger partial charge in [-0.1, -0.05) is 44.2 Å². The van der Waals surface area contributed by atoms with Gasteiger partial charge < -0.3 is 26.4 Å². The Balaban J connectivity index is 3.05. The van der Waals surface area contributed by atoms with Gasteiger partial charge in [-0.05, 0) is 72.3 Å². The molecule has 0 aromatic heterocycles. The fourth-order valence-corrected chi connectivity index (χ4v) is 3.40. The van der Waals surface area contributed by atoms with Crippen molar-refractivity contribution in [1.82, 2.24) is 21.3 Å². The lowest BCUT2D eigenvalue weighted by Gasteiger charge is -2.33. The van der Waals surface area contributed by atoms with Crippen LogP contribution in [0.3, 0.4) is 0 Å². The standard InChI is InChI=1S/C26H46N4O3/c1-18(2)14-15-20(29-24(33)30-26(6,7)8)23(32)21(16-19-12-10-9-11-13-19)28-22(31)17-27-25(3,4)5/h9-13,18,20-21,23,27,32H,14-17H2,1-8H3,(H,28,31)(H2,29,30,33)/t20?,21-,23-/m0/s1. The third-order valence-corrected chi connectivity index (χ3v) is 5.11. The summed E-state index contributed by atoms with van der Waals surface area (Å²) >= 11 is 0. The van der Waals surface area contributed by atoms with Crippen molar-refractivity contribution in [3.63, 3.8) is 0 Å². The lowest BCUT2D eigenvalue weighted by molar-refractivity contribution is -0.122. The molecule has 0 fully saturated rings. The Bertz CT molecular complexity index is 723. The zero-order valence-corrected chi connectivity index (χ0v) is 21.8. The maximum Gasteiger partial charge on any atom is 0.315 e. The van der Waals surface area contributed by atoms with Crippen molar-refractivity contribution in [2.45, 2.75) is 104 Å². The van der Waals surface area contributed by atoms with Crippen molar-refractivity contribution in [1.29, 1.82) is 0 Å². The Morgan fingerprint density at radius 2 is 1.48 bits per heavy atom. The Morgan fingerprint density at radius 1 is 0.879 bits per heavy atom. The van der Waals surface area contributed by atoms with Gasteiger partial charge in [0.1, 0.15) is 0 Å². The number of hydrogen-bond acceptors (Lipinski definition) is 4. The second-order valence-corrected chi connectivity index (χ2v) is 11.4. The average molecular weight is 463 g/mol. The van der Waals surface area contributed by atoms with E-state index >= 15 is 0 Å². The summed E-state index contributed by atoms with van der Waals surface area (Å²) < 4.78 is 0. The summed E-state index contributed by atoms with van der Waals surface area (Å²) in [4.78, 5) is 25.3. The molecule has 0 aliphatic rings. The van der Waals surface area contributed by atoms with Crippen LogP contribution < -0.4 is 21.3 Å². The summed E-state index contributed by atoms with van der Waals surface area (Å²) in [7, 11) is 0. The van der Waals surface area contributed by atoms with Gasteiger partial charge in [0.15, 0.2) is 0 Å². The van der Waals surface area contributed by atoms with Crippen molar-refractivity contribution >= 4 is 11.9 Å². The van der Waals surface area contributed by atoms with Crippen molar-refractivity contribution < 1.29 is 14.7 Å². The first kappa shape index (κ1) is 28.9. The van der Waals surface area contributed by atoms with Gasteiger partial charge in [0.2, 0.25) is 5.91 Å². The molecule has 1 unspecified atom stereocenters. The normalized spacial score (nSPS) is 15.0. The molecule has 0 saturated carbocycles. The van der Waals surface area contributed by atoms with E-state index in [9.17, 15) is 14.7 Å². The number of amides is 3. The monoisotopic (exact) mass is 462 g/mol. The van der Waals surface area contributed by atoms with E-state index in [1.165, 1.54) is 0 Å². The summed E-state index contributed by atoms with van der Waals surface area (Å²) in [5.41, 5.74) is 0.415. The first-order chi connectivity index (χ1) is 15.2. The summed E-state index contributed by atoms with van der Waals surface area (Å²) in [6.07, 6.45) is 0.963.